The number of nitrogens with zero attached hydrogens (tertiary/aromatic N) is 2. The molecule has 1 N–H and O–H groups in total. The second-order valence-corrected chi connectivity index (χ2v) is 9.33. The SMILES string of the molecule is OCC1CCN(c2ccc(-c3ccc(OCc4ccccc4)nc3OCc3ccccc3)c(F)c2)CC1. The maximum atomic E-state index is 15.5. The molecule has 1 fully saturated rings. The minimum atomic E-state index is -0.328. The van der Waals surface area contributed by atoms with Crippen LogP contribution in [0.5, 0.6) is 11.8 Å². The number of rotatable bonds is 9. The maximum Gasteiger partial charge on any atom is 0.225 e. The number of piperidine rings is 1. The van der Waals surface area contributed by atoms with Crippen molar-refractivity contribution in [3.05, 3.63) is 108 Å². The highest BCUT2D eigenvalue weighted by atomic mass is 19.1. The summed E-state index contributed by atoms with van der Waals surface area (Å²) in [7, 11) is 0. The fourth-order valence-electron chi connectivity index (χ4n) is 4.57. The number of pyridine rings is 1. The molecule has 0 unspecified atom stereocenters. The fourth-order valence-corrected chi connectivity index (χ4v) is 4.57. The highest BCUT2D eigenvalue weighted by Crippen LogP contribution is 2.35. The number of halogens is 1. The van der Waals surface area contributed by atoms with Crippen molar-refractivity contribution < 1.29 is 19.0 Å². The van der Waals surface area contributed by atoms with E-state index in [-0.39, 0.29) is 12.4 Å². The average molecular weight is 499 g/mol. The van der Waals surface area contributed by atoms with Gasteiger partial charge in [0.25, 0.3) is 0 Å². The summed E-state index contributed by atoms with van der Waals surface area (Å²) in [6.07, 6.45) is 1.82. The second-order valence-electron chi connectivity index (χ2n) is 9.33. The Kier molecular flexibility index (Phi) is 7.96. The molecule has 1 aliphatic heterocycles. The lowest BCUT2D eigenvalue weighted by atomic mass is 9.97. The third-order valence-corrected chi connectivity index (χ3v) is 6.76. The molecule has 0 amide bonds. The van der Waals surface area contributed by atoms with Gasteiger partial charge in [-0.3, -0.25) is 0 Å². The molecule has 0 atom stereocenters. The van der Waals surface area contributed by atoms with Gasteiger partial charge in [0.15, 0.2) is 0 Å². The molecule has 0 bridgehead atoms. The summed E-state index contributed by atoms with van der Waals surface area (Å²) < 4.78 is 27.5. The van der Waals surface area contributed by atoms with Gasteiger partial charge in [0, 0.05) is 42.6 Å². The summed E-state index contributed by atoms with van der Waals surface area (Å²) >= 11 is 0. The van der Waals surface area contributed by atoms with Crippen LogP contribution in [0.25, 0.3) is 11.1 Å². The van der Waals surface area contributed by atoms with Crippen LogP contribution in [0.3, 0.4) is 0 Å². The fraction of sp³-hybridized carbons (Fsp3) is 0.258. The molecule has 1 saturated heterocycles. The Morgan fingerprint density at radius 2 is 1.41 bits per heavy atom. The van der Waals surface area contributed by atoms with Crippen LogP contribution in [0.4, 0.5) is 10.1 Å². The minimum Gasteiger partial charge on any atom is -0.473 e. The topological polar surface area (TPSA) is 54.8 Å². The van der Waals surface area contributed by atoms with E-state index in [0.29, 0.717) is 42.0 Å². The number of anilines is 1. The molecule has 2 heterocycles. The third kappa shape index (κ3) is 6.27. The quantitative estimate of drug-likeness (QED) is 0.295. The molecular formula is C31H31FN2O3. The van der Waals surface area contributed by atoms with E-state index in [2.05, 4.69) is 9.88 Å². The van der Waals surface area contributed by atoms with Gasteiger partial charge in [0.05, 0.1) is 0 Å². The van der Waals surface area contributed by atoms with Crippen LogP contribution in [0.2, 0.25) is 0 Å². The highest BCUT2D eigenvalue weighted by molar-refractivity contribution is 5.72. The molecule has 4 aromatic rings. The first kappa shape index (κ1) is 24.8. The summed E-state index contributed by atoms with van der Waals surface area (Å²) in [5.74, 6) is 0.744. The Balaban J connectivity index is 1.39. The second kappa shape index (κ2) is 11.9. The van der Waals surface area contributed by atoms with Gasteiger partial charge in [-0.2, -0.15) is 4.98 Å². The molecule has 0 radical (unpaired) electrons. The molecule has 0 spiro atoms. The van der Waals surface area contributed by atoms with Crippen LogP contribution in [0, 0.1) is 11.7 Å². The molecule has 3 aromatic carbocycles. The van der Waals surface area contributed by atoms with Crippen molar-refractivity contribution in [3.63, 3.8) is 0 Å². The first-order valence-electron chi connectivity index (χ1n) is 12.7. The smallest absolute Gasteiger partial charge is 0.225 e. The van der Waals surface area contributed by atoms with Crippen molar-refractivity contribution >= 4 is 5.69 Å². The molecule has 5 rings (SSSR count). The van der Waals surface area contributed by atoms with Gasteiger partial charge in [-0.25, -0.2) is 4.39 Å². The van der Waals surface area contributed by atoms with E-state index in [4.69, 9.17) is 9.47 Å². The van der Waals surface area contributed by atoms with E-state index in [0.717, 1.165) is 42.7 Å². The molecule has 190 valence electrons. The van der Waals surface area contributed by atoms with Crippen LogP contribution in [0.15, 0.2) is 91.0 Å². The van der Waals surface area contributed by atoms with Crippen molar-refractivity contribution in [3.8, 4) is 22.9 Å². The number of benzene rings is 3. The number of ether oxygens (including phenoxy) is 2. The van der Waals surface area contributed by atoms with Gasteiger partial charge in [0.2, 0.25) is 11.8 Å². The lowest BCUT2D eigenvalue weighted by Crippen LogP contribution is -2.34. The maximum absolute atomic E-state index is 15.5. The lowest BCUT2D eigenvalue weighted by molar-refractivity contribution is 0.203. The predicted molar refractivity (Wildman–Crippen MR) is 143 cm³/mol. The first-order chi connectivity index (χ1) is 18.2. The Morgan fingerprint density at radius 3 is 2.03 bits per heavy atom. The van der Waals surface area contributed by atoms with E-state index in [1.54, 1.807) is 24.3 Å². The third-order valence-electron chi connectivity index (χ3n) is 6.76. The van der Waals surface area contributed by atoms with Gasteiger partial charge < -0.3 is 19.5 Å². The van der Waals surface area contributed by atoms with E-state index >= 15 is 4.39 Å². The Labute approximate surface area is 217 Å². The molecular weight excluding hydrogens is 467 g/mol. The summed E-state index contributed by atoms with van der Waals surface area (Å²) in [4.78, 5) is 6.78. The van der Waals surface area contributed by atoms with Gasteiger partial charge in [0.1, 0.15) is 19.0 Å². The zero-order valence-corrected chi connectivity index (χ0v) is 20.7. The normalized spacial score (nSPS) is 13.9. The molecule has 0 aliphatic carbocycles. The zero-order chi connectivity index (χ0) is 25.5. The Morgan fingerprint density at radius 1 is 0.784 bits per heavy atom. The number of aliphatic hydroxyl groups is 1. The van der Waals surface area contributed by atoms with Gasteiger partial charge >= 0.3 is 0 Å². The van der Waals surface area contributed by atoms with E-state index < -0.39 is 0 Å². The Hall–Kier alpha value is -3.90. The number of aliphatic hydroxyl groups excluding tert-OH is 1. The van der Waals surface area contributed by atoms with Crippen LogP contribution < -0.4 is 14.4 Å². The summed E-state index contributed by atoms with van der Waals surface area (Å²) in [6.45, 7) is 2.52. The van der Waals surface area contributed by atoms with Crippen LogP contribution in [0.1, 0.15) is 24.0 Å². The van der Waals surface area contributed by atoms with Crippen molar-refractivity contribution in [1.82, 2.24) is 4.98 Å². The monoisotopic (exact) mass is 498 g/mol. The van der Waals surface area contributed by atoms with E-state index in [9.17, 15) is 5.11 Å². The largest absolute Gasteiger partial charge is 0.473 e. The summed E-state index contributed by atoms with van der Waals surface area (Å²) in [5.41, 5.74) is 3.88. The standard InChI is InChI=1S/C31H31FN2O3/c32-29-19-26(34-17-15-23(20-35)16-18-34)11-12-27(29)28-13-14-30(36-21-24-7-3-1-4-8-24)33-31(28)37-22-25-9-5-2-6-10-25/h1-14,19,23,35H,15-18,20-22H2. The van der Waals surface area contributed by atoms with Crippen LogP contribution in [-0.2, 0) is 13.2 Å². The van der Waals surface area contributed by atoms with Gasteiger partial charge in [-0.1, -0.05) is 60.7 Å². The van der Waals surface area contributed by atoms with Gasteiger partial charge in [-0.15, -0.1) is 0 Å². The molecule has 0 saturated carbocycles. The van der Waals surface area contributed by atoms with Crippen molar-refractivity contribution in [2.45, 2.75) is 26.1 Å². The molecule has 6 heteroatoms. The van der Waals surface area contributed by atoms with Crippen LogP contribution >= 0.6 is 0 Å². The van der Waals surface area contributed by atoms with E-state index in [1.165, 1.54) is 0 Å². The minimum absolute atomic E-state index is 0.213. The van der Waals surface area contributed by atoms with Gasteiger partial charge in [-0.05, 0) is 54.2 Å². The van der Waals surface area contributed by atoms with Crippen molar-refractivity contribution in [2.75, 3.05) is 24.6 Å². The number of aromatic nitrogens is 1. The van der Waals surface area contributed by atoms with E-state index in [1.807, 2.05) is 66.7 Å². The zero-order valence-electron chi connectivity index (χ0n) is 20.7. The van der Waals surface area contributed by atoms with Crippen LogP contribution in [-0.4, -0.2) is 29.8 Å². The predicted octanol–water partition coefficient (Wildman–Crippen LogP) is 6.25. The molecule has 1 aliphatic rings. The van der Waals surface area contributed by atoms with Crippen molar-refractivity contribution in [2.24, 2.45) is 5.92 Å². The number of hydrogen-bond acceptors (Lipinski definition) is 5. The number of hydrogen-bond donors (Lipinski definition) is 1. The molecule has 5 nitrogen and oxygen atoms in total. The Bertz CT molecular complexity index is 1290. The molecule has 37 heavy (non-hydrogen) atoms. The van der Waals surface area contributed by atoms with Crippen molar-refractivity contribution in [1.29, 1.82) is 0 Å². The first-order valence-corrected chi connectivity index (χ1v) is 12.7. The highest BCUT2D eigenvalue weighted by Gasteiger charge is 2.21. The molecule has 1 aromatic heterocycles. The summed E-state index contributed by atoms with van der Waals surface area (Å²) in [6, 6.07) is 28.5. The summed E-state index contributed by atoms with van der Waals surface area (Å²) in [5, 5.41) is 9.40. The lowest BCUT2D eigenvalue weighted by Gasteiger charge is -2.33. The average Bonchev–Trinajstić information content (AvgIpc) is 2.96.